The molecule has 5 rings (SSSR count). The van der Waals surface area contributed by atoms with Gasteiger partial charge in [0.15, 0.2) is 23.0 Å². The molecule has 4 amide bonds. The molecule has 0 radical (unpaired) electrons. The number of carbonyl (C=O) groups is 3. The van der Waals surface area contributed by atoms with Crippen LogP contribution in [0, 0.1) is 0 Å². The minimum absolute atomic E-state index is 0.0336. The summed E-state index contributed by atoms with van der Waals surface area (Å²) in [4.78, 5) is 39.1. The van der Waals surface area contributed by atoms with Crippen molar-refractivity contribution in [2.75, 3.05) is 19.1 Å². The first-order valence-corrected chi connectivity index (χ1v) is 14.1. The van der Waals surface area contributed by atoms with Crippen molar-refractivity contribution in [2.24, 2.45) is 0 Å². The lowest BCUT2D eigenvalue weighted by Crippen LogP contribution is -2.54. The van der Waals surface area contributed by atoms with Gasteiger partial charge in [-0.05, 0) is 87.2 Å². The summed E-state index contributed by atoms with van der Waals surface area (Å²) in [5.74, 6) is 0.220. The number of imide groups is 2. The average molecular weight is 659 g/mol. The molecule has 0 spiro atoms. The zero-order valence-corrected chi connectivity index (χ0v) is 25.3. The number of aromatic hydroxyl groups is 1. The lowest BCUT2D eigenvalue weighted by Gasteiger charge is -2.26. The number of nitrogens with one attached hydrogen (secondary N) is 1. The summed E-state index contributed by atoms with van der Waals surface area (Å²) >= 11 is 3.50. The van der Waals surface area contributed by atoms with Crippen LogP contribution in [0.2, 0.25) is 0 Å². The lowest BCUT2D eigenvalue weighted by molar-refractivity contribution is -0.122. The normalized spacial score (nSPS) is 13.9. The predicted molar refractivity (Wildman–Crippen MR) is 166 cm³/mol. The Balaban J connectivity index is 1.33. The van der Waals surface area contributed by atoms with Gasteiger partial charge in [0, 0.05) is 0 Å². The van der Waals surface area contributed by atoms with Crippen LogP contribution in [0.1, 0.15) is 16.7 Å². The highest BCUT2D eigenvalue weighted by Gasteiger charge is 2.37. The standard InChI is InChI=1S/C33H27BrN2O8/c1-41-28-16-21(8-13-27(28)43-18-20-6-4-3-5-7-20)19-44-30-26(34)15-22(17-29(30)42-2)14-25-31(38)35-33(40)36(32(25)39)23-9-11-24(37)12-10-23/h3-17,37H,18-19H2,1-2H3,(H,35,38,40)/b25-14-. The van der Waals surface area contributed by atoms with Crippen molar-refractivity contribution < 1.29 is 38.4 Å². The van der Waals surface area contributed by atoms with Gasteiger partial charge in [-0.1, -0.05) is 36.4 Å². The summed E-state index contributed by atoms with van der Waals surface area (Å²) in [5.41, 5.74) is 2.23. The van der Waals surface area contributed by atoms with E-state index < -0.39 is 17.8 Å². The van der Waals surface area contributed by atoms with Crippen molar-refractivity contribution in [3.05, 3.63) is 112 Å². The molecule has 0 unspecified atom stereocenters. The van der Waals surface area contributed by atoms with E-state index in [0.717, 1.165) is 16.0 Å². The van der Waals surface area contributed by atoms with E-state index >= 15 is 0 Å². The monoisotopic (exact) mass is 658 g/mol. The summed E-state index contributed by atoms with van der Waals surface area (Å²) in [6.45, 7) is 0.577. The molecule has 11 heteroatoms. The van der Waals surface area contributed by atoms with Crippen molar-refractivity contribution in [1.29, 1.82) is 0 Å². The molecule has 10 nitrogen and oxygen atoms in total. The molecular formula is C33H27BrN2O8. The third kappa shape index (κ3) is 6.68. The molecule has 1 saturated heterocycles. The van der Waals surface area contributed by atoms with Crippen LogP contribution in [-0.2, 0) is 22.8 Å². The molecule has 4 aromatic rings. The zero-order chi connectivity index (χ0) is 31.2. The maximum absolute atomic E-state index is 13.2. The van der Waals surface area contributed by atoms with E-state index in [0.29, 0.717) is 39.6 Å². The first-order chi connectivity index (χ1) is 21.3. The minimum Gasteiger partial charge on any atom is -0.508 e. The molecule has 0 atom stereocenters. The first kappa shape index (κ1) is 30.2. The van der Waals surface area contributed by atoms with Crippen molar-refractivity contribution in [3.63, 3.8) is 0 Å². The number of benzene rings is 4. The van der Waals surface area contributed by atoms with Gasteiger partial charge in [0.1, 0.15) is 24.5 Å². The highest BCUT2D eigenvalue weighted by atomic mass is 79.9. The van der Waals surface area contributed by atoms with Crippen molar-refractivity contribution >= 4 is 45.5 Å². The van der Waals surface area contributed by atoms with E-state index in [1.807, 2.05) is 48.5 Å². The highest BCUT2D eigenvalue weighted by molar-refractivity contribution is 9.10. The number of carbonyl (C=O) groups excluding carboxylic acids is 3. The molecule has 1 fully saturated rings. The molecule has 1 heterocycles. The second kappa shape index (κ2) is 13.3. The smallest absolute Gasteiger partial charge is 0.335 e. The van der Waals surface area contributed by atoms with E-state index in [2.05, 4.69) is 21.2 Å². The third-order valence-corrected chi connectivity index (χ3v) is 7.21. The second-order valence-electron chi connectivity index (χ2n) is 9.56. The molecule has 224 valence electrons. The number of barbiturate groups is 1. The highest BCUT2D eigenvalue weighted by Crippen LogP contribution is 2.38. The van der Waals surface area contributed by atoms with Gasteiger partial charge in [-0.3, -0.25) is 14.9 Å². The fourth-order valence-electron chi connectivity index (χ4n) is 4.44. The van der Waals surface area contributed by atoms with Crippen molar-refractivity contribution in [3.8, 4) is 28.7 Å². The number of phenolic OH excluding ortho intramolecular Hbond substituents is 1. The van der Waals surface area contributed by atoms with Crippen LogP contribution in [0.3, 0.4) is 0 Å². The Kier molecular flexibility index (Phi) is 9.15. The van der Waals surface area contributed by atoms with E-state index in [1.54, 1.807) is 19.2 Å². The summed E-state index contributed by atoms with van der Waals surface area (Å²) in [5, 5.41) is 11.7. The summed E-state index contributed by atoms with van der Waals surface area (Å²) in [7, 11) is 3.04. The summed E-state index contributed by atoms with van der Waals surface area (Å²) in [6.07, 6.45) is 1.35. The van der Waals surface area contributed by atoms with Gasteiger partial charge in [0.25, 0.3) is 11.8 Å². The number of phenols is 1. The summed E-state index contributed by atoms with van der Waals surface area (Å²) < 4.78 is 23.6. The number of methoxy groups -OCH3 is 2. The number of amides is 4. The van der Waals surface area contributed by atoms with Crippen LogP contribution >= 0.6 is 15.9 Å². The zero-order valence-electron chi connectivity index (χ0n) is 23.7. The van der Waals surface area contributed by atoms with E-state index in [1.165, 1.54) is 37.5 Å². The van der Waals surface area contributed by atoms with Crippen LogP contribution in [0.25, 0.3) is 6.08 Å². The Bertz CT molecular complexity index is 1740. The van der Waals surface area contributed by atoms with Gasteiger partial charge in [-0.25, -0.2) is 9.69 Å². The molecular weight excluding hydrogens is 632 g/mol. The number of hydrogen-bond acceptors (Lipinski definition) is 8. The number of ether oxygens (including phenoxy) is 4. The summed E-state index contributed by atoms with van der Waals surface area (Å²) in [6, 6.07) is 23.2. The van der Waals surface area contributed by atoms with E-state index in [-0.39, 0.29) is 23.6 Å². The first-order valence-electron chi connectivity index (χ1n) is 13.3. The molecule has 0 saturated carbocycles. The van der Waals surface area contributed by atoms with Gasteiger partial charge in [0.2, 0.25) is 0 Å². The SMILES string of the molecule is COc1cc(COc2c(Br)cc(/C=C3/C(=O)NC(=O)N(c4ccc(O)cc4)C3=O)cc2OC)ccc1OCc1ccccc1. The van der Waals surface area contributed by atoms with Gasteiger partial charge >= 0.3 is 6.03 Å². The van der Waals surface area contributed by atoms with Gasteiger partial charge in [-0.15, -0.1) is 0 Å². The fourth-order valence-corrected chi connectivity index (χ4v) is 5.01. The number of rotatable bonds is 10. The van der Waals surface area contributed by atoms with Crippen LogP contribution in [0.5, 0.6) is 28.7 Å². The molecule has 4 aromatic carbocycles. The Hall–Kier alpha value is -5.29. The van der Waals surface area contributed by atoms with Crippen LogP contribution in [0.15, 0.2) is 95.0 Å². The number of halogens is 1. The van der Waals surface area contributed by atoms with Crippen LogP contribution < -0.4 is 29.2 Å². The number of hydrogen-bond donors (Lipinski definition) is 2. The second-order valence-corrected chi connectivity index (χ2v) is 10.4. The maximum Gasteiger partial charge on any atom is 0.335 e. The molecule has 0 bridgehead atoms. The Morgan fingerprint density at radius 1 is 0.795 bits per heavy atom. The number of urea groups is 1. The van der Waals surface area contributed by atoms with Gasteiger partial charge in [0.05, 0.1) is 24.4 Å². The topological polar surface area (TPSA) is 124 Å². The average Bonchev–Trinajstić information content (AvgIpc) is 3.02. The Morgan fingerprint density at radius 3 is 2.20 bits per heavy atom. The Labute approximate surface area is 261 Å². The third-order valence-electron chi connectivity index (χ3n) is 6.62. The molecule has 2 N–H and O–H groups in total. The van der Waals surface area contributed by atoms with Crippen LogP contribution in [-0.4, -0.2) is 37.2 Å². The van der Waals surface area contributed by atoms with E-state index in [4.69, 9.17) is 18.9 Å². The van der Waals surface area contributed by atoms with Crippen molar-refractivity contribution in [2.45, 2.75) is 13.2 Å². The predicted octanol–water partition coefficient (Wildman–Crippen LogP) is 6.00. The quantitative estimate of drug-likeness (QED) is 0.157. The maximum atomic E-state index is 13.2. The molecule has 0 aromatic heterocycles. The lowest BCUT2D eigenvalue weighted by atomic mass is 10.1. The largest absolute Gasteiger partial charge is 0.508 e. The molecule has 44 heavy (non-hydrogen) atoms. The van der Waals surface area contributed by atoms with Crippen molar-refractivity contribution in [1.82, 2.24) is 5.32 Å². The number of nitrogens with zero attached hydrogens (tertiary/aromatic N) is 1. The molecule has 0 aliphatic carbocycles. The Morgan fingerprint density at radius 2 is 1.50 bits per heavy atom. The van der Waals surface area contributed by atoms with Crippen LogP contribution in [0.4, 0.5) is 10.5 Å². The van der Waals surface area contributed by atoms with Gasteiger partial charge in [-0.2, -0.15) is 0 Å². The molecule has 1 aliphatic rings. The molecule has 1 aliphatic heterocycles. The minimum atomic E-state index is -0.891. The fraction of sp³-hybridized carbons (Fsp3) is 0.121. The number of anilines is 1. The van der Waals surface area contributed by atoms with E-state index in [9.17, 15) is 19.5 Å². The van der Waals surface area contributed by atoms with Gasteiger partial charge < -0.3 is 24.1 Å².